The Morgan fingerprint density at radius 3 is 2.42 bits per heavy atom. The number of amides is 3. The van der Waals surface area contributed by atoms with E-state index in [0.29, 0.717) is 29.2 Å². The Balaban J connectivity index is 2.21. The molecule has 1 aliphatic rings. The molecule has 11 heteroatoms. The van der Waals surface area contributed by atoms with Gasteiger partial charge in [0.1, 0.15) is 15.7 Å². The van der Waals surface area contributed by atoms with E-state index in [9.17, 15) is 22.8 Å². The average molecular weight is 563 g/mol. The highest BCUT2D eigenvalue weighted by Crippen LogP contribution is 2.40. The Morgan fingerprint density at radius 2 is 1.82 bits per heavy atom. The average Bonchev–Trinajstić information content (AvgIpc) is 3.14. The molecule has 0 saturated heterocycles. The summed E-state index contributed by atoms with van der Waals surface area (Å²) in [7, 11) is -2.19. The summed E-state index contributed by atoms with van der Waals surface area (Å²) in [6.45, 7) is 4.12. The number of rotatable bonds is 12. The van der Waals surface area contributed by atoms with Crippen LogP contribution in [0.5, 0.6) is 11.5 Å². The Hall–Kier alpha value is -3.37. The number of benzene rings is 2. The van der Waals surface area contributed by atoms with E-state index in [0.717, 1.165) is 24.0 Å². The zero-order chi connectivity index (χ0) is 28.0. The lowest BCUT2D eigenvalue weighted by Gasteiger charge is -2.27. The number of imide groups is 1. The van der Waals surface area contributed by atoms with Crippen LogP contribution >= 0.6 is 11.6 Å². The van der Waals surface area contributed by atoms with Crippen LogP contribution in [-0.2, 0) is 14.6 Å². The van der Waals surface area contributed by atoms with Gasteiger partial charge in [0.2, 0.25) is 5.91 Å². The molecule has 1 heterocycles. The van der Waals surface area contributed by atoms with Crippen LogP contribution in [0.3, 0.4) is 0 Å². The van der Waals surface area contributed by atoms with Gasteiger partial charge in [-0.3, -0.25) is 19.3 Å². The number of methoxy groups -OCH3 is 1. The fraction of sp³-hybridized carbons (Fsp3) is 0.370. The van der Waals surface area contributed by atoms with Gasteiger partial charge in [0, 0.05) is 6.26 Å². The molecule has 1 aliphatic heterocycles. The van der Waals surface area contributed by atoms with Crippen molar-refractivity contribution >= 4 is 50.9 Å². The number of nitrogens with one attached hydrogen (secondary N) is 1. The number of sulfone groups is 1. The zero-order valence-corrected chi connectivity index (χ0v) is 23.3. The molecule has 1 atom stereocenters. The third-order valence-corrected chi connectivity index (χ3v) is 7.06. The molecule has 204 valence electrons. The largest absolute Gasteiger partial charge is 0.493 e. The van der Waals surface area contributed by atoms with Crippen LogP contribution < -0.4 is 14.8 Å². The summed E-state index contributed by atoms with van der Waals surface area (Å²) in [6.07, 6.45) is 6.32. The van der Waals surface area contributed by atoms with Gasteiger partial charge < -0.3 is 14.8 Å². The summed E-state index contributed by atoms with van der Waals surface area (Å²) < 4.78 is 36.0. The quantitative estimate of drug-likeness (QED) is 0.299. The number of fused-ring (bicyclic) bond motifs is 1. The first-order valence-corrected chi connectivity index (χ1v) is 14.7. The highest BCUT2D eigenvalue weighted by atomic mass is 35.5. The smallest absolute Gasteiger partial charge is 0.264 e. The van der Waals surface area contributed by atoms with Crippen molar-refractivity contribution in [3.05, 3.63) is 58.7 Å². The molecule has 0 unspecified atom stereocenters. The first kappa shape index (κ1) is 29.2. The molecule has 38 heavy (non-hydrogen) atoms. The lowest BCUT2D eigenvalue weighted by atomic mass is 10.00. The normalized spacial score (nSPS) is 14.1. The van der Waals surface area contributed by atoms with Crippen LogP contribution in [0.25, 0.3) is 6.08 Å². The Kier molecular flexibility index (Phi) is 9.56. The van der Waals surface area contributed by atoms with Gasteiger partial charge in [0.05, 0.1) is 42.3 Å². The summed E-state index contributed by atoms with van der Waals surface area (Å²) in [5.41, 5.74) is 1.07. The van der Waals surface area contributed by atoms with E-state index in [-0.39, 0.29) is 22.7 Å². The number of unbranched alkanes of at least 4 members (excludes halogenated alkanes) is 1. The number of allylic oxidation sites excluding steroid dienone is 1. The van der Waals surface area contributed by atoms with E-state index in [4.69, 9.17) is 21.1 Å². The molecule has 0 radical (unpaired) electrons. The predicted octanol–water partition coefficient (Wildman–Crippen LogP) is 4.47. The number of ether oxygens (including phenoxy) is 2. The number of carbonyl (C=O) groups excluding carboxylic acids is 3. The van der Waals surface area contributed by atoms with Crippen molar-refractivity contribution in [3.63, 3.8) is 0 Å². The molecule has 0 saturated carbocycles. The Morgan fingerprint density at radius 1 is 1.11 bits per heavy atom. The number of carbonyl (C=O) groups is 3. The monoisotopic (exact) mass is 562 g/mol. The third-order valence-electron chi connectivity index (χ3n) is 5.90. The molecule has 2 aromatic carbocycles. The Bertz CT molecular complexity index is 1370. The minimum atomic E-state index is -3.66. The van der Waals surface area contributed by atoms with Gasteiger partial charge in [-0.15, -0.1) is 11.6 Å². The van der Waals surface area contributed by atoms with Crippen LogP contribution in [0.1, 0.15) is 64.6 Å². The molecule has 0 bridgehead atoms. The molecule has 0 aliphatic carbocycles. The number of halogens is 1. The lowest BCUT2D eigenvalue weighted by Crippen LogP contribution is -2.38. The van der Waals surface area contributed by atoms with Crippen molar-refractivity contribution in [2.24, 2.45) is 0 Å². The first-order chi connectivity index (χ1) is 18.1. The number of nitrogens with zero attached hydrogens (tertiary/aromatic N) is 1. The highest BCUT2D eigenvalue weighted by molar-refractivity contribution is 7.90. The van der Waals surface area contributed by atoms with Crippen molar-refractivity contribution in [1.29, 1.82) is 0 Å². The summed E-state index contributed by atoms with van der Waals surface area (Å²) in [5, 5.41) is 2.58. The second-order valence-corrected chi connectivity index (χ2v) is 11.2. The van der Waals surface area contributed by atoms with E-state index in [1.165, 1.54) is 13.2 Å². The van der Waals surface area contributed by atoms with Gasteiger partial charge in [0.25, 0.3) is 11.8 Å². The summed E-state index contributed by atoms with van der Waals surface area (Å²) in [6, 6.07) is 6.77. The third kappa shape index (κ3) is 6.36. The van der Waals surface area contributed by atoms with E-state index < -0.39 is 39.4 Å². The van der Waals surface area contributed by atoms with Gasteiger partial charge in [-0.2, -0.15) is 0 Å². The fourth-order valence-corrected chi connectivity index (χ4v) is 5.25. The maximum Gasteiger partial charge on any atom is 0.264 e. The molecule has 0 spiro atoms. The minimum absolute atomic E-state index is 0.0100. The van der Waals surface area contributed by atoms with Crippen molar-refractivity contribution in [2.75, 3.05) is 36.9 Å². The summed E-state index contributed by atoms with van der Waals surface area (Å²) >= 11 is 5.66. The zero-order valence-electron chi connectivity index (χ0n) is 21.7. The van der Waals surface area contributed by atoms with E-state index >= 15 is 0 Å². The molecular weight excluding hydrogens is 532 g/mol. The first-order valence-electron chi connectivity index (χ1n) is 12.1. The summed E-state index contributed by atoms with van der Waals surface area (Å²) in [5.74, 6) is -2.02. The molecule has 0 fully saturated rings. The van der Waals surface area contributed by atoms with Crippen LogP contribution in [0.2, 0.25) is 0 Å². The van der Waals surface area contributed by atoms with Crippen molar-refractivity contribution in [2.45, 2.75) is 32.7 Å². The topological polar surface area (TPSA) is 119 Å². The standard InChI is InChI=1S/C27H31ClN2O7S/c1-5-7-8-9-17-10-12-19(29-23(31)15-28)25-24(17)26(32)30(27(25)33)20(16-38(4,34)35)18-11-13-21(36-3)22(14-18)37-6-2/h8-14,20H,5-7,15-16H2,1-4H3,(H,29,31)/b9-8+/t20-/m1/s1. The lowest BCUT2D eigenvalue weighted by molar-refractivity contribution is -0.113. The predicted molar refractivity (Wildman–Crippen MR) is 147 cm³/mol. The van der Waals surface area contributed by atoms with Crippen LogP contribution in [0.4, 0.5) is 5.69 Å². The second-order valence-electron chi connectivity index (χ2n) is 8.76. The van der Waals surface area contributed by atoms with Gasteiger partial charge >= 0.3 is 0 Å². The number of hydrogen-bond donors (Lipinski definition) is 1. The molecule has 2 aromatic rings. The van der Waals surface area contributed by atoms with Crippen molar-refractivity contribution in [3.8, 4) is 11.5 Å². The van der Waals surface area contributed by atoms with Crippen LogP contribution in [0, 0.1) is 0 Å². The van der Waals surface area contributed by atoms with Gasteiger partial charge in [-0.25, -0.2) is 8.42 Å². The minimum Gasteiger partial charge on any atom is -0.493 e. The summed E-state index contributed by atoms with van der Waals surface area (Å²) in [4.78, 5) is 40.8. The SMILES string of the molecule is CCC/C=C/c1ccc(NC(=O)CCl)c2c1C(=O)N([C@H](CS(C)(=O)=O)c1ccc(OC)c(OCC)c1)C2=O. The molecule has 1 N–H and O–H groups in total. The van der Waals surface area contributed by atoms with Gasteiger partial charge in [-0.1, -0.05) is 37.6 Å². The molecule has 9 nitrogen and oxygen atoms in total. The van der Waals surface area contributed by atoms with E-state index in [1.807, 2.05) is 13.0 Å². The maximum absolute atomic E-state index is 13.9. The molecule has 3 amide bonds. The molecule has 0 aromatic heterocycles. The van der Waals surface area contributed by atoms with E-state index in [1.54, 1.807) is 37.3 Å². The number of alkyl halides is 1. The van der Waals surface area contributed by atoms with Gasteiger partial charge in [-0.05, 0) is 42.7 Å². The van der Waals surface area contributed by atoms with Crippen LogP contribution in [0.15, 0.2) is 36.4 Å². The van der Waals surface area contributed by atoms with Gasteiger partial charge in [0.15, 0.2) is 11.5 Å². The van der Waals surface area contributed by atoms with Crippen LogP contribution in [-0.4, -0.2) is 62.6 Å². The van der Waals surface area contributed by atoms with E-state index in [2.05, 4.69) is 5.32 Å². The fourth-order valence-electron chi connectivity index (χ4n) is 4.27. The van der Waals surface area contributed by atoms with Crippen molar-refractivity contribution < 1.29 is 32.3 Å². The highest BCUT2D eigenvalue weighted by Gasteiger charge is 2.44. The van der Waals surface area contributed by atoms with Crippen molar-refractivity contribution in [1.82, 2.24) is 4.90 Å². The molecular formula is C27H31ClN2O7S. The number of hydrogen-bond acceptors (Lipinski definition) is 7. The maximum atomic E-state index is 13.9. The Labute approximate surface area is 227 Å². The number of anilines is 1. The second kappa shape index (κ2) is 12.4. The molecule has 3 rings (SSSR count).